The minimum Gasteiger partial charge on any atom is -0.485 e. The Kier molecular flexibility index (Phi) is 8.15. The van der Waals surface area contributed by atoms with E-state index in [1.54, 1.807) is 37.6 Å². The van der Waals surface area contributed by atoms with Gasteiger partial charge in [0, 0.05) is 24.5 Å². The SMILES string of the molecule is Cc1c(-c2cc(Nc3ccc(OC(C)(C)CN4CCC4)cn3)c(=O)n(C)n2)cccc1-n1ncc2cc(C(C)(C)C#N)ccc2c1=O. The molecule has 0 radical (unpaired) electrons. The number of nitriles is 1. The Labute approximate surface area is 273 Å². The van der Waals surface area contributed by atoms with Crippen molar-refractivity contribution in [3.8, 4) is 28.8 Å². The molecular weight excluding hydrogens is 592 g/mol. The Hall–Kier alpha value is -5.34. The predicted molar refractivity (Wildman–Crippen MR) is 182 cm³/mol. The van der Waals surface area contributed by atoms with Crippen LogP contribution in [0, 0.1) is 18.3 Å². The van der Waals surface area contributed by atoms with E-state index in [9.17, 15) is 14.9 Å². The Morgan fingerprint density at radius 1 is 1.00 bits per heavy atom. The standard InChI is InChI=1S/C36H38N8O3/c1-23-27(9-7-10-31(23)44-33(45)28-13-11-25(35(2,3)21-37)17-24(28)19-39-44)29-18-30(34(46)42(6)41-29)40-32-14-12-26(20-38-32)47-36(4,5)22-43-15-8-16-43/h7,9-14,17-20H,8,15-16,22H2,1-6H3,(H,38,40). The molecule has 0 amide bonds. The largest absolute Gasteiger partial charge is 0.485 e. The molecule has 1 saturated heterocycles. The first-order valence-electron chi connectivity index (χ1n) is 15.6. The molecule has 6 rings (SSSR count). The van der Waals surface area contributed by atoms with E-state index in [2.05, 4.69) is 45.3 Å². The molecule has 1 N–H and O–H groups in total. The van der Waals surface area contributed by atoms with Crippen LogP contribution in [0.25, 0.3) is 27.7 Å². The Bertz CT molecular complexity index is 2140. The number of hydrogen-bond acceptors (Lipinski definition) is 9. The van der Waals surface area contributed by atoms with Gasteiger partial charge in [0.1, 0.15) is 22.9 Å². The predicted octanol–water partition coefficient (Wildman–Crippen LogP) is 5.26. The summed E-state index contributed by atoms with van der Waals surface area (Å²) in [4.78, 5) is 33.6. The average molecular weight is 631 g/mol. The maximum atomic E-state index is 13.6. The van der Waals surface area contributed by atoms with Crippen LogP contribution in [0.15, 0.2) is 76.6 Å². The summed E-state index contributed by atoms with van der Waals surface area (Å²) in [5.74, 6) is 1.15. The van der Waals surface area contributed by atoms with Crippen LogP contribution in [-0.2, 0) is 12.5 Å². The summed E-state index contributed by atoms with van der Waals surface area (Å²) in [7, 11) is 1.60. The number of benzene rings is 2. The van der Waals surface area contributed by atoms with Crippen molar-refractivity contribution in [2.24, 2.45) is 7.05 Å². The van der Waals surface area contributed by atoms with Crippen molar-refractivity contribution in [2.75, 3.05) is 25.0 Å². The number of rotatable bonds is 9. The molecule has 2 aromatic carbocycles. The molecule has 11 nitrogen and oxygen atoms in total. The molecule has 240 valence electrons. The van der Waals surface area contributed by atoms with Gasteiger partial charge in [0.25, 0.3) is 11.1 Å². The molecule has 0 bridgehead atoms. The number of nitrogens with zero attached hydrogens (tertiary/aromatic N) is 7. The highest BCUT2D eigenvalue weighted by Gasteiger charge is 2.27. The number of aromatic nitrogens is 5. The van der Waals surface area contributed by atoms with Crippen LogP contribution in [0.4, 0.5) is 11.5 Å². The highest BCUT2D eigenvalue weighted by molar-refractivity contribution is 5.82. The number of hydrogen-bond donors (Lipinski definition) is 1. The molecule has 47 heavy (non-hydrogen) atoms. The summed E-state index contributed by atoms with van der Waals surface area (Å²) < 4.78 is 8.85. The van der Waals surface area contributed by atoms with Crippen molar-refractivity contribution < 1.29 is 4.74 Å². The first kappa shape index (κ1) is 31.6. The number of aryl methyl sites for hydroxylation is 1. The van der Waals surface area contributed by atoms with E-state index in [-0.39, 0.29) is 16.7 Å². The fourth-order valence-electron chi connectivity index (χ4n) is 5.82. The maximum absolute atomic E-state index is 13.6. The van der Waals surface area contributed by atoms with Gasteiger partial charge in [0.05, 0.1) is 40.6 Å². The lowest BCUT2D eigenvalue weighted by Gasteiger charge is -2.38. The van der Waals surface area contributed by atoms with Crippen molar-refractivity contribution in [1.82, 2.24) is 29.4 Å². The molecule has 1 aliphatic heterocycles. The van der Waals surface area contributed by atoms with Crippen LogP contribution in [0.3, 0.4) is 0 Å². The van der Waals surface area contributed by atoms with Gasteiger partial charge in [-0.2, -0.15) is 20.1 Å². The number of likely N-dealkylation sites (tertiary alicyclic amines) is 1. The summed E-state index contributed by atoms with van der Waals surface area (Å²) in [6.45, 7) is 12.8. The molecule has 0 saturated carbocycles. The normalized spacial score (nSPS) is 13.6. The third-order valence-corrected chi connectivity index (χ3v) is 8.61. The lowest BCUT2D eigenvalue weighted by Crippen LogP contribution is -2.48. The van der Waals surface area contributed by atoms with Crippen LogP contribution in [-0.4, -0.2) is 54.7 Å². The third kappa shape index (κ3) is 6.37. The second-order valence-electron chi connectivity index (χ2n) is 13.2. The fourth-order valence-corrected chi connectivity index (χ4v) is 5.82. The van der Waals surface area contributed by atoms with Crippen molar-refractivity contribution in [3.05, 3.63) is 98.8 Å². The summed E-state index contributed by atoms with van der Waals surface area (Å²) in [6.07, 6.45) is 4.52. The zero-order valence-corrected chi connectivity index (χ0v) is 27.5. The van der Waals surface area contributed by atoms with Gasteiger partial charge in [-0.05, 0) is 102 Å². The third-order valence-electron chi connectivity index (χ3n) is 8.61. The van der Waals surface area contributed by atoms with Gasteiger partial charge in [-0.1, -0.05) is 18.2 Å². The number of pyridine rings is 1. The van der Waals surface area contributed by atoms with E-state index >= 15 is 0 Å². The molecule has 1 fully saturated rings. The van der Waals surface area contributed by atoms with Gasteiger partial charge in [-0.3, -0.25) is 14.5 Å². The van der Waals surface area contributed by atoms with E-state index in [0.29, 0.717) is 39.4 Å². The van der Waals surface area contributed by atoms with Crippen LogP contribution in [0.5, 0.6) is 5.75 Å². The van der Waals surface area contributed by atoms with E-state index < -0.39 is 5.41 Å². The van der Waals surface area contributed by atoms with Crippen LogP contribution < -0.4 is 21.2 Å². The maximum Gasteiger partial charge on any atom is 0.290 e. The van der Waals surface area contributed by atoms with Gasteiger partial charge in [0.2, 0.25) is 0 Å². The molecule has 5 aromatic rings. The molecule has 1 aliphatic rings. The van der Waals surface area contributed by atoms with Gasteiger partial charge < -0.3 is 10.1 Å². The smallest absolute Gasteiger partial charge is 0.290 e. The van der Waals surface area contributed by atoms with Crippen LogP contribution in [0.2, 0.25) is 0 Å². The van der Waals surface area contributed by atoms with E-state index in [1.807, 2.05) is 57.2 Å². The summed E-state index contributed by atoms with van der Waals surface area (Å²) >= 11 is 0. The molecule has 4 heterocycles. The molecule has 11 heteroatoms. The Morgan fingerprint density at radius 3 is 2.47 bits per heavy atom. The van der Waals surface area contributed by atoms with Crippen molar-refractivity contribution in [2.45, 2.75) is 52.1 Å². The van der Waals surface area contributed by atoms with E-state index in [0.717, 1.165) is 36.3 Å². The topological polar surface area (TPSA) is 131 Å². The Morgan fingerprint density at radius 2 is 1.79 bits per heavy atom. The molecule has 0 unspecified atom stereocenters. The Balaban J connectivity index is 1.28. The lowest BCUT2D eigenvalue weighted by atomic mass is 9.85. The highest BCUT2D eigenvalue weighted by atomic mass is 16.5. The van der Waals surface area contributed by atoms with Crippen molar-refractivity contribution >= 4 is 22.3 Å². The molecule has 0 spiro atoms. The van der Waals surface area contributed by atoms with Crippen molar-refractivity contribution in [1.29, 1.82) is 5.26 Å². The van der Waals surface area contributed by atoms with Crippen LogP contribution >= 0.6 is 0 Å². The van der Waals surface area contributed by atoms with Gasteiger partial charge in [-0.15, -0.1) is 0 Å². The lowest BCUT2D eigenvalue weighted by molar-refractivity contribution is 0.0350. The monoisotopic (exact) mass is 630 g/mol. The molecule has 0 atom stereocenters. The zero-order chi connectivity index (χ0) is 33.5. The highest BCUT2D eigenvalue weighted by Crippen LogP contribution is 2.29. The number of anilines is 2. The summed E-state index contributed by atoms with van der Waals surface area (Å²) in [5, 5.41) is 22.9. The fraction of sp³-hybridized carbons (Fsp3) is 0.333. The van der Waals surface area contributed by atoms with Gasteiger partial charge >= 0.3 is 0 Å². The van der Waals surface area contributed by atoms with Crippen LogP contribution in [0.1, 0.15) is 45.2 Å². The zero-order valence-electron chi connectivity index (χ0n) is 27.5. The molecule has 3 aromatic heterocycles. The van der Waals surface area contributed by atoms with Gasteiger partial charge in [-0.25, -0.2) is 9.67 Å². The second kappa shape index (κ2) is 12.1. The number of ether oxygens (including phenoxy) is 1. The first-order valence-corrected chi connectivity index (χ1v) is 15.6. The van der Waals surface area contributed by atoms with Crippen molar-refractivity contribution in [3.63, 3.8) is 0 Å². The van der Waals surface area contributed by atoms with Gasteiger partial charge in [0.15, 0.2) is 0 Å². The quantitative estimate of drug-likeness (QED) is 0.232. The second-order valence-corrected chi connectivity index (χ2v) is 13.2. The summed E-state index contributed by atoms with van der Waals surface area (Å²) in [5.41, 5.74) is 2.12. The number of nitrogens with one attached hydrogen (secondary N) is 1. The van der Waals surface area contributed by atoms with E-state index in [4.69, 9.17) is 4.74 Å². The van der Waals surface area contributed by atoms with E-state index in [1.165, 1.54) is 15.8 Å². The molecular formula is C36H38N8O3. The molecule has 0 aliphatic carbocycles. The minimum atomic E-state index is -0.692. The summed E-state index contributed by atoms with van der Waals surface area (Å²) in [6, 6.07) is 18.6. The average Bonchev–Trinajstić information content (AvgIpc) is 3.02. The first-order chi connectivity index (χ1) is 22.3. The minimum absolute atomic E-state index is 0.276. The number of fused-ring (bicyclic) bond motifs is 1.